The van der Waals surface area contributed by atoms with Crippen LogP contribution in [-0.4, -0.2) is 13.1 Å². The van der Waals surface area contributed by atoms with E-state index in [2.05, 4.69) is 5.32 Å². The number of aliphatic carboxylic acids is 1. The average Bonchev–Trinajstić information content (AvgIpc) is 2.46. The van der Waals surface area contributed by atoms with Gasteiger partial charge in [-0.2, -0.15) is 0 Å². The van der Waals surface area contributed by atoms with E-state index in [1.807, 2.05) is 19.1 Å². The SMILES string of the molecule is COc1cccc(N[C@H](C(=O)[O-])c2ccc(C)cc2)c1. The number of methoxy groups -OCH3 is 1. The van der Waals surface area contributed by atoms with Gasteiger partial charge >= 0.3 is 0 Å². The van der Waals surface area contributed by atoms with Crippen molar-refractivity contribution in [1.29, 1.82) is 0 Å². The van der Waals surface area contributed by atoms with Crippen molar-refractivity contribution < 1.29 is 14.6 Å². The van der Waals surface area contributed by atoms with Crippen molar-refractivity contribution in [2.24, 2.45) is 0 Å². The van der Waals surface area contributed by atoms with Gasteiger partial charge in [-0.3, -0.25) is 0 Å². The number of carbonyl (C=O) groups excluding carboxylic acids is 1. The molecule has 0 fully saturated rings. The summed E-state index contributed by atoms with van der Waals surface area (Å²) in [5.74, 6) is -0.507. The van der Waals surface area contributed by atoms with Crippen LogP contribution < -0.4 is 15.2 Å². The number of ether oxygens (including phenoxy) is 1. The number of rotatable bonds is 5. The zero-order valence-corrected chi connectivity index (χ0v) is 11.4. The van der Waals surface area contributed by atoms with Crippen LogP contribution in [0.5, 0.6) is 5.75 Å². The molecule has 20 heavy (non-hydrogen) atoms. The molecule has 0 saturated heterocycles. The Kier molecular flexibility index (Phi) is 4.25. The molecule has 0 aliphatic rings. The summed E-state index contributed by atoms with van der Waals surface area (Å²) in [6, 6.07) is 13.5. The van der Waals surface area contributed by atoms with Gasteiger partial charge in [0.2, 0.25) is 0 Å². The van der Waals surface area contributed by atoms with Crippen LogP contribution in [0.25, 0.3) is 0 Å². The Morgan fingerprint density at radius 2 is 1.90 bits per heavy atom. The highest BCUT2D eigenvalue weighted by molar-refractivity contribution is 5.77. The lowest BCUT2D eigenvalue weighted by atomic mass is 10.0. The molecular weight excluding hydrogens is 254 g/mol. The van der Waals surface area contributed by atoms with Gasteiger partial charge in [-0.15, -0.1) is 0 Å². The van der Waals surface area contributed by atoms with Gasteiger partial charge in [-0.1, -0.05) is 35.9 Å². The predicted octanol–water partition coefficient (Wildman–Crippen LogP) is 1.91. The van der Waals surface area contributed by atoms with Crippen LogP contribution in [0, 0.1) is 6.92 Å². The van der Waals surface area contributed by atoms with Gasteiger partial charge in [0.05, 0.1) is 19.1 Å². The molecule has 2 rings (SSSR count). The van der Waals surface area contributed by atoms with Gasteiger partial charge in [0.1, 0.15) is 5.75 Å². The van der Waals surface area contributed by atoms with E-state index in [1.165, 1.54) is 0 Å². The van der Waals surface area contributed by atoms with Crippen molar-refractivity contribution >= 4 is 11.7 Å². The van der Waals surface area contributed by atoms with E-state index in [1.54, 1.807) is 43.5 Å². The van der Waals surface area contributed by atoms with Gasteiger partial charge in [-0.25, -0.2) is 0 Å². The second kappa shape index (κ2) is 6.10. The molecule has 0 bridgehead atoms. The standard InChI is InChI=1S/C16H17NO3/c1-11-6-8-12(9-7-11)15(16(18)19)17-13-4-3-5-14(10-13)20-2/h3-10,15,17H,1-2H3,(H,18,19)/p-1/t15-/m0/s1. The van der Waals surface area contributed by atoms with Crippen molar-refractivity contribution in [3.05, 3.63) is 59.7 Å². The monoisotopic (exact) mass is 270 g/mol. The van der Waals surface area contributed by atoms with Crippen LogP contribution >= 0.6 is 0 Å². The van der Waals surface area contributed by atoms with E-state index in [9.17, 15) is 9.90 Å². The predicted molar refractivity (Wildman–Crippen MR) is 75.5 cm³/mol. The lowest BCUT2D eigenvalue weighted by molar-refractivity contribution is -0.307. The number of benzene rings is 2. The highest BCUT2D eigenvalue weighted by Gasteiger charge is 2.12. The number of carboxylic acid groups (broad SMARTS) is 1. The summed E-state index contributed by atoms with van der Waals surface area (Å²) in [7, 11) is 1.56. The van der Waals surface area contributed by atoms with Gasteiger partial charge in [0.15, 0.2) is 0 Å². The third-order valence-corrected chi connectivity index (χ3v) is 3.03. The van der Waals surface area contributed by atoms with Crippen molar-refractivity contribution in [2.75, 3.05) is 12.4 Å². The molecule has 4 nitrogen and oxygen atoms in total. The lowest BCUT2D eigenvalue weighted by Gasteiger charge is -2.21. The largest absolute Gasteiger partial charge is 0.548 e. The normalized spacial score (nSPS) is 11.7. The fraction of sp³-hybridized carbons (Fsp3) is 0.188. The van der Waals surface area contributed by atoms with Gasteiger partial charge in [0.25, 0.3) is 0 Å². The molecule has 0 radical (unpaired) electrons. The van der Waals surface area contributed by atoms with Crippen LogP contribution in [0.1, 0.15) is 17.2 Å². The van der Waals surface area contributed by atoms with E-state index in [4.69, 9.17) is 4.74 Å². The highest BCUT2D eigenvalue weighted by Crippen LogP contribution is 2.23. The summed E-state index contributed by atoms with van der Waals surface area (Å²) in [4.78, 5) is 11.3. The van der Waals surface area contributed by atoms with Crippen molar-refractivity contribution in [3.63, 3.8) is 0 Å². The van der Waals surface area contributed by atoms with Gasteiger partial charge in [0, 0.05) is 11.8 Å². The van der Waals surface area contributed by atoms with E-state index in [-0.39, 0.29) is 0 Å². The van der Waals surface area contributed by atoms with Crippen LogP contribution in [0.3, 0.4) is 0 Å². The fourth-order valence-electron chi connectivity index (χ4n) is 1.92. The zero-order chi connectivity index (χ0) is 14.5. The molecule has 0 aliphatic heterocycles. The number of hydrogen-bond donors (Lipinski definition) is 1. The summed E-state index contributed by atoms with van der Waals surface area (Å²) in [6.45, 7) is 1.95. The van der Waals surface area contributed by atoms with Crippen LogP contribution in [0.2, 0.25) is 0 Å². The summed E-state index contributed by atoms with van der Waals surface area (Å²) in [5, 5.41) is 14.3. The average molecular weight is 270 g/mol. The van der Waals surface area contributed by atoms with Gasteiger partial charge < -0.3 is 20.0 Å². The minimum Gasteiger partial charge on any atom is -0.548 e. The van der Waals surface area contributed by atoms with E-state index >= 15 is 0 Å². The quantitative estimate of drug-likeness (QED) is 0.901. The Morgan fingerprint density at radius 3 is 2.50 bits per heavy atom. The molecule has 0 spiro atoms. The molecule has 0 unspecified atom stereocenters. The Hall–Kier alpha value is -2.49. The summed E-state index contributed by atoms with van der Waals surface area (Å²) >= 11 is 0. The first-order chi connectivity index (χ1) is 9.60. The summed E-state index contributed by atoms with van der Waals surface area (Å²) in [6.07, 6.45) is 0. The molecule has 0 aliphatic carbocycles. The second-order valence-corrected chi connectivity index (χ2v) is 4.54. The van der Waals surface area contributed by atoms with Gasteiger partial charge in [-0.05, 0) is 24.6 Å². The molecule has 0 aromatic heterocycles. The van der Waals surface area contributed by atoms with Crippen molar-refractivity contribution in [1.82, 2.24) is 0 Å². The topological polar surface area (TPSA) is 61.4 Å². The maximum Gasteiger partial charge on any atom is 0.120 e. The number of aryl methyl sites for hydroxylation is 1. The number of hydrogen-bond acceptors (Lipinski definition) is 4. The first-order valence-corrected chi connectivity index (χ1v) is 6.28. The molecule has 0 heterocycles. The molecule has 2 aromatic carbocycles. The highest BCUT2D eigenvalue weighted by atomic mass is 16.5. The number of anilines is 1. The Balaban J connectivity index is 2.25. The first kappa shape index (κ1) is 13.9. The van der Waals surface area contributed by atoms with Crippen molar-refractivity contribution in [2.45, 2.75) is 13.0 Å². The van der Waals surface area contributed by atoms with Crippen LogP contribution in [0.4, 0.5) is 5.69 Å². The maximum absolute atomic E-state index is 11.3. The van der Waals surface area contributed by atoms with E-state index in [0.29, 0.717) is 17.0 Å². The molecule has 2 aromatic rings. The molecule has 104 valence electrons. The zero-order valence-electron chi connectivity index (χ0n) is 11.4. The van der Waals surface area contributed by atoms with Crippen LogP contribution in [0.15, 0.2) is 48.5 Å². The minimum absolute atomic E-state index is 0.651. The first-order valence-electron chi connectivity index (χ1n) is 6.28. The molecule has 4 heteroatoms. The van der Waals surface area contributed by atoms with Crippen LogP contribution in [-0.2, 0) is 4.79 Å². The Morgan fingerprint density at radius 1 is 1.20 bits per heavy atom. The van der Waals surface area contributed by atoms with E-state index < -0.39 is 12.0 Å². The summed E-state index contributed by atoms with van der Waals surface area (Å²) in [5.41, 5.74) is 2.39. The number of carboxylic acids is 1. The fourth-order valence-corrected chi connectivity index (χ4v) is 1.92. The minimum atomic E-state index is -1.17. The summed E-state index contributed by atoms with van der Waals surface area (Å²) < 4.78 is 5.12. The molecule has 1 atom stereocenters. The molecular formula is C16H16NO3-. The maximum atomic E-state index is 11.3. The second-order valence-electron chi connectivity index (χ2n) is 4.54. The third-order valence-electron chi connectivity index (χ3n) is 3.03. The Bertz CT molecular complexity index is 593. The smallest absolute Gasteiger partial charge is 0.120 e. The Labute approximate surface area is 118 Å². The lowest BCUT2D eigenvalue weighted by Crippen LogP contribution is -2.34. The third kappa shape index (κ3) is 3.29. The molecule has 0 saturated carbocycles. The van der Waals surface area contributed by atoms with E-state index in [0.717, 1.165) is 5.56 Å². The molecule has 0 amide bonds. The molecule has 1 N–H and O–H groups in total. The number of carbonyl (C=O) groups is 1. The van der Waals surface area contributed by atoms with Crippen molar-refractivity contribution in [3.8, 4) is 5.75 Å². The number of nitrogens with one attached hydrogen (secondary N) is 1.